The molecule has 1 aromatic rings. The number of amides is 1. The largest absolute Gasteiger partial charge is 0.493 e. The number of piperazine rings is 1. The number of hydrogen-bond donors (Lipinski definition) is 1. The second-order valence-electron chi connectivity index (χ2n) is 6.65. The number of methoxy groups -OCH3 is 3. The molecule has 1 N–H and O–H groups in total. The SMILES string of the molecule is CCNC(=NCCc1ccc(OC)c(OC)c1OC)N1CCN(C(=O)OCC)CC1.I. The van der Waals surface area contributed by atoms with E-state index in [9.17, 15) is 4.79 Å². The quantitative estimate of drug-likeness (QED) is 0.303. The molecule has 0 atom stereocenters. The fourth-order valence-electron chi connectivity index (χ4n) is 3.38. The van der Waals surface area contributed by atoms with E-state index in [0.717, 1.165) is 18.1 Å². The number of nitrogens with one attached hydrogen (secondary N) is 1. The highest BCUT2D eigenvalue weighted by Crippen LogP contribution is 2.39. The summed E-state index contributed by atoms with van der Waals surface area (Å²) in [6.45, 7) is 8.28. The summed E-state index contributed by atoms with van der Waals surface area (Å²) in [7, 11) is 4.82. The molecule has 1 heterocycles. The molecule has 0 aliphatic carbocycles. The molecule has 1 amide bonds. The van der Waals surface area contributed by atoms with Crippen LogP contribution in [0.3, 0.4) is 0 Å². The number of nitrogens with zero attached hydrogens (tertiary/aromatic N) is 3. The van der Waals surface area contributed by atoms with Crippen LogP contribution in [0.2, 0.25) is 0 Å². The molecule has 0 bridgehead atoms. The molecular formula is C21H35IN4O5. The van der Waals surface area contributed by atoms with Crippen LogP contribution in [0.4, 0.5) is 4.79 Å². The lowest BCUT2D eigenvalue weighted by molar-refractivity contribution is 0.0914. The van der Waals surface area contributed by atoms with E-state index < -0.39 is 0 Å². The van der Waals surface area contributed by atoms with Gasteiger partial charge in [0.05, 0.1) is 27.9 Å². The third-order valence-corrected chi connectivity index (χ3v) is 4.87. The van der Waals surface area contributed by atoms with E-state index in [-0.39, 0.29) is 30.1 Å². The van der Waals surface area contributed by atoms with Gasteiger partial charge >= 0.3 is 6.09 Å². The van der Waals surface area contributed by atoms with Gasteiger partial charge in [-0.1, -0.05) is 6.07 Å². The van der Waals surface area contributed by atoms with Crippen molar-refractivity contribution in [2.45, 2.75) is 20.3 Å². The minimum atomic E-state index is -0.250. The van der Waals surface area contributed by atoms with Crippen molar-refractivity contribution in [1.82, 2.24) is 15.1 Å². The number of guanidine groups is 1. The van der Waals surface area contributed by atoms with Crippen LogP contribution < -0.4 is 19.5 Å². The van der Waals surface area contributed by atoms with Crippen molar-refractivity contribution in [1.29, 1.82) is 0 Å². The highest BCUT2D eigenvalue weighted by atomic mass is 127. The van der Waals surface area contributed by atoms with E-state index in [1.54, 1.807) is 26.2 Å². The fourth-order valence-corrected chi connectivity index (χ4v) is 3.38. The zero-order valence-corrected chi connectivity index (χ0v) is 21.4. The first-order chi connectivity index (χ1) is 14.6. The van der Waals surface area contributed by atoms with Crippen molar-refractivity contribution >= 4 is 36.0 Å². The Morgan fingerprint density at radius 1 is 1.00 bits per heavy atom. The molecule has 9 nitrogen and oxygen atoms in total. The maximum absolute atomic E-state index is 11.9. The Morgan fingerprint density at radius 3 is 2.19 bits per heavy atom. The van der Waals surface area contributed by atoms with Gasteiger partial charge in [-0.3, -0.25) is 4.99 Å². The summed E-state index contributed by atoms with van der Waals surface area (Å²) in [5.74, 6) is 2.73. The van der Waals surface area contributed by atoms with Crippen molar-refractivity contribution in [2.24, 2.45) is 4.99 Å². The van der Waals surface area contributed by atoms with Crippen molar-refractivity contribution in [2.75, 3.05) is 67.2 Å². The van der Waals surface area contributed by atoms with Crippen LogP contribution >= 0.6 is 24.0 Å². The van der Waals surface area contributed by atoms with Crippen LogP contribution in [0.5, 0.6) is 17.2 Å². The van der Waals surface area contributed by atoms with Gasteiger partial charge < -0.3 is 34.1 Å². The van der Waals surface area contributed by atoms with Crippen LogP contribution in [0.15, 0.2) is 17.1 Å². The average molecular weight is 550 g/mol. The van der Waals surface area contributed by atoms with Crippen LogP contribution in [-0.2, 0) is 11.2 Å². The Labute approximate surface area is 202 Å². The maximum atomic E-state index is 11.9. The van der Waals surface area contributed by atoms with Gasteiger partial charge in [0.15, 0.2) is 17.5 Å². The van der Waals surface area contributed by atoms with Gasteiger partial charge in [0, 0.05) is 44.8 Å². The molecular weight excluding hydrogens is 515 g/mol. The van der Waals surface area contributed by atoms with Gasteiger partial charge in [0.2, 0.25) is 5.75 Å². The van der Waals surface area contributed by atoms with E-state index in [4.69, 9.17) is 23.9 Å². The van der Waals surface area contributed by atoms with Crippen molar-refractivity contribution in [3.63, 3.8) is 0 Å². The van der Waals surface area contributed by atoms with E-state index in [2.05, 4.69) is 10.2 Å². The molecule has 2 rings (SSSR count). The summed E-state index contributed by atoms with van der Waals surface area (Å²) in [5.41, 5.74) is 1.00. The van der Waals surface area contributed by atoms with Gasteiger partial charge in [-0.2, -0.15) is 0 Å². The molecule has 1 aliphatic rings. The van der Waals surface area contributed by atoms with Gasteiger partial charge in [0.25, 0.3) is 0 Å². The molecule has 0 aromatic heterocycles. The van der Waals surface area contributed by atoms with Gasteiger partial charge in [-0.15, -0.1) is 24.0 Å². The number of carbonyl (C=O) groups excluding carboxylic acids is 1. The van der Waals surface area contributed by atoms with Crippen molar-refractivity contribution in [3.8, 4) is 17.2 Å². The second-order valence-corrected chi connectivity index (χ2v) is 6.65. The van der Waals surface area contributed by atoms with E-state index >= 15 is 0 Å². The van der Waals surface area contributed by atoms with E-state index in [0.29, 0.717) is 63.0 Å². The zero-order valence-electron chi connectivity index (χ0n) is 19.1. The molecule has 10 heteroatoms. The third kappa shape index (κ3) is 7.22. The number of benzene rings is 1. The first-order valence-corrected chi connectivity index (χ1v) is 10.3. The van der Waals surface area contributed by atoms with Crippen LogP contribution in [0.1, 0.15) is 19.4 Å². The molecule has 0 spiro atoms. The van der Waals surface area contributed by atoms with Gasteiger partial charge in [0.1, 0.15) is 0 Å². The molecule has 0 saturated carbocycles. The van der Waals surface area contributed by atoms with Crippen LogP contribution in [0, 0.1) is 0 Å². The smallest absolute Gasteiger partial charge is 0.409 e. The molecule has 1 aromatic carbocycles. The highest BCUT2D eigenvalue weighted by Gasteiger charge is 2.23. The van der Waals surface area contributed by atoms with Gasteiger partial charge in [-0.25, -0.2) is 4.79 Å². The predicted molar refractivity (Wildman–Crippen MR) is 131 cm³/mol. The van der Waals surface area contributed by atoms with Gasteiger partial charge in [-0.05, 0) is 26.3 Å². The zero-order chi connectivity index (χ0) is 21.9. The Hall–Kier alpha value is -2.11. The number of halogens is 1. The molecule has 31 heavy (non-hydrogen) atoms. The Morgan fingerprint density at radius 2 is 1.65 bits per heavy atom. The van der Waals surface area contributed by atoms with Crippen molar-refractivity contribution < 1.29 is 23.7 Å². The summed E-state index contributed by atoms with van der Waals surface area (Å²) >= 11 is 0. The normalized spacial score (nSPS) is 13.9. The average Bonchev–Trinajstić information content (AvgIpc) is 2.78. The van der Waals surface area contributed by atoms with E-state index in [1.165, 1.54) is 0 Å². The molecule has 0 radical (unpaired) electrons. The van der Waals surface area contributed by atoms with Crippen molar-refractivity contribution in [3.05, 3.63) is 17.7 Å². The minimum absolute atomic E-state index is 0. The molecule has 1 aliphatic heterocycles. The second kappa shape index (κ2) is 14.0. The number of carbonyl (C=O) groups is 1. The first-order valence-electron chi connectivity index (χ1n) is 10.3. The number of ether oxygens (including phenoxy) is 4. The van der Waals surface area contributed by atoms with E-state index in [1.807, 2.05) is 26.0 Å². The first kappa shape index (κ1) is 26.9. The number of hydrogen-bond acceptors (Lipinski definition) is 6. The number of rotatable bonds is 8. The molecule has 176 valence electrons. The summed E-state index contributed by atoms with van der Waals surface area (Å²) < 4.78 is 21.4. The fraction of sp³-hybridized carbons (Fsp3) is 0.619. The Kier molecular flexibility index (Phi) is 12.2. The maximum Gasteiger partial charge on any atom is 0.409 e. The number of aliphatic imine (C=N–C) groups is 1. The molecule has 0 unspecified atom stereocenters. The third-order valence-electron chi connectivity index (χ3n) is 4.87. The van der Waals surface area contributed by atoms with Crippen LogP contribution in [0.25, 0.3) is 0 Å². The lowest BCUT2D eigenvalue weighted by Crippen LogP contribution is -2.54. The summed E-state index contributed by atoms with van der Waals surface area (Å²) in [6, 6.07) is 3.85. The Balaban J connectivity index is 0.00000480. The Bertz CT molecular complexity index is 724. The molecule has 1 saturated heterocycles. The lowest BCUT2D eigenvalue weighted by Gasteiger charge is -2.35. The topological polar surface area (TPSA) is 84.9 Å². The molecule has 1 fully saturated rings. The monoisotopic (exact) mass is 550 g/mol. The summed E-state index contributed by atoms with van der Waals surface area (Å²) in [5, 5.41) is 3.34. The summed E-state index contributed by atoms with van der Waals surface area (Å²) in [4.78, 5) is 20.6. The highest BCUT2D eigenvalue weighted by molar-refractivity contribution is 14.0. The van der Waals surface area contributed by atoms with Crippen LogP contribution in [-0.4, -0.2) is 89.1 Å². The predicted octanol–water partition coefficient (Wildman–Crippen LogP) is 2.61. The summed E-state index contributed by atoms with van der Waals surface area (Å²) in [6.07, 6.45) is 0.445. The lowest BCUT2D eigenvalue weighted by atomic mass is 10.1. The standard InChI is InChI=1S/C21H34N4O5.HI/c1-6-22-20(24-12-14-25(15-13-24)21(26)30-7-2)23-11-10-16-8-9-17(27-3)19(29-5)18(16)28-4;/h8-9H,6-7,10-15H2,1-5H3,(H,22,23);1H. The minimum Gasteiger partial charge on any atom is -0.493 e.